The van der Waals surface area contributed by atoms with Crippen molar-refractivity contribution in [2.24, 2.45) is 0 Å². The quantitative estimate of drug-likeness (QED) is 0.245. The van der Waals surface area contributed by atoms with Crippen molar-refractivity contribution in [1.82, 2.24) is 15.6 Å². The molecule has 0 spiro atoms. The van der Waals surface area contributed by atoms with Gasteiger partial charge in [0, 0.05) is 0 Å². The molecule has 3 amide bonds. The van der Waals surface area contributed by atoms with E-state index < -0.39 is 35.8 Å². The first-order valence-electron chi connectivity index (χ1n) is 12.1. The third-order valence-corrected chi connectivity index (χ3v) is 7.08. The highest BCUT2D eigenvalue weighted by atomic mass is 35.5. The van der Waals surface area contributed by atoms with Crippen molar-refractivity contribution >= 4 is 56.2 Å². The van der Waals surface area contributed by atoms with E-state index in [1.807, 2.05) is 48.5 Å². The normalized spacial score (nSPS) is 12.3. The first-order valence-corrected chi connectivity index (χ1v) is 13.3. The number of fused-ring (bicyclic) bond motifs is 1. The zero-order valence-electron chi connectivity index (χ0n) is 21.4. The van der Waals surface area contributed by atoms with Gasteiger partial charge in [-0.25, -0.2) is 19.4 Å². The molecule has 0 saturated heterocycles. The number of alkyl carbamates (subject to hydrolysis) is 2. The lowest BCUT2D eigenvalue weighted by Gasteiger charge is -2.13. The summed E-state index contributed by atoms with van der Waals surface area (Å²) in [6.45, 7) is 3.14. The maximum absolute atomic E-state index is 12.7. The monoisotopic (exact) mass is 584 g/mol. The fourth-order valence-corrected chi connectivity index (χ4v) is 4.68. The summed E-state index contributed by atoms with van der Waals surface area (Å²) in [4.78, 5) is 53.9. The number of halogens is 1. The highest BCUT2D eigenvalue weighted by Crippen LogP contribution is 2.37. The number of nitrogens with zero attached hydrogens (tertiary/aromatic N) is 1. The maximum Gasteiger partial charge on any atom is 0.408 e. The molecule has 0 aliphatic heterocycles. The number of benzene rings is 2. The fraction of sp³-hybridized carbons (Fsp3) is 0.222. The molecule has 0 fully saturated rings. The predicted molar refractivity (Wildman–Crippen MR) is 149 cm³/mol. The molecule has 2 aromatic carbocycles. The number of hydrogen-bond donors (Lipinski definition) is 3. The van der Waals surface area contributed by atoms with Crippen molar-refractivity contribution < 1.29 is 28.3 Å². The van der Waals surface area contributed by atoms with Crippen molar-refractivity contribution in [3.8, 4) is 0 Å². The molecule has 4 rings (SSSR count). The van der Waals surface area contributed by atoms with E-state index in [2.05, 4.69) is 20.9 Å². The second-order valence-electron chi connectivity index (χ2n) is 8.61. The van der Waals surface area contributed by atoms with Crippen LogP contribution in [0.2, 0.25) is 5.02 Å². The minimum Gasteiger partial charge on any atom is -0.445 e. The minimum absolute atomic E-state index is 0.0141. The summed E-state index contributed by atoms with van der Waals surface area (Å²) < 4.78 is 15.7. The molecule has 11 nitrogen and oxygen atoms in total. The van der Waals surface area contributed by atoms with Gasteiger partial charge < -0.3 is 29.8 Å². The molecule has 2 heterocycles. The van der Waals surface area contributed by atoms with Crippen LogP contribution in [0.5, 0.6) is 0 Å². The summed E-state index contributed by atoms with van der Waals surface area (Å²) >= 11 is 7.30. The molecular weight excluding hydrogens is 560 g/mol. The summed E-state index contributed by atoms with van der Waals surface area (Å²) in [5.41, 5.74) is 0.965. The second kappa shape index (κ2) is 13.1. The van der Waals surface area contributed by atoms with E-state index in [1.54, 1.807) is 19.1 Å². The van der Waals surface area contributed by atoms with Gasteiger partial charge in [-0.2, -0.15) is 0 Å². The highest BCUT2D eigenvalue weighted by molar-refractivity contribution is 7.23. The van der Waals surface area contributed by atoms with Gasteiger partial charge in [0.15, 0.2) is 0 Å². The van der Waals surface area contributed by atoms with Gasteiger partial charge in [-0.05, 0) is 25.0 Å². The molecule has 4 aromatic rings. The minimum atomic E-state index is -0.976. The van der Waals surface area contributed by atoms with Crippen LogP contribution in [0.25, 0.3) is 10.2 Å². The van der Waals surface area contributed by atoms with Gasteiger partial charge in [0.1, 0.15) is 45.5 Å². The highest BCUT2D eigenvalue weighted by Gasteiger charge is 2.24. The van der Waals surface area contributed by atoms with E-state index in [-0.39, 0.29) is 39.3 Å². The zero-order valence-corrected chi connectivity index (χ0v) is 23.0. The van der Waals surface area contributed by atoms with Gasteiger partial charge in [-0.15, -0.1) is 11.3 Å². The Bertz CT molecular complexity index is 1560. The fourth-order valence-electron chi connectivity index (χ4n) is 3.41. The van der Waals surface area contributed by atoms with Crippen LogP contribution in [-0.4, -0.2) is 29.1 Å². The average molecular weight is 585 g/mol. The van der Waals surface area contributed by atoms with Crippen molar-refractivity contribution in [3.63, 3.8) is 0 Å². The average Bonchev–Trinajstić information content (AvgIpc) is 3.27. The standard InChI is InChI=1S/C27H25ClN4O7S/c1-15(29-26(35)37-13-17-9-5-3-6-10-17)22(33)32-24-19(28)20-21(40-24)25(34)39-23(31-20)16(2)30-27(36)38-14-18-11-7-4-8-12-18/h3-12,15-16H,13-14H2,1-2H3,(H,29,35)(H,30,36)(H,32,33)/t15-,16-/m0/s1. The number of amides is 3. The van der Waals surface area contributed by atoms with E-state index >= 15 is 0 Å². The number of carbonyl (C=O) groups is 3. The molecule has 2 aromatic heterocycles. The molecule has 40 heavy (non-hydrogen) atoms. The molecule has 0 radical (unpaired) electrons. The van der Waals surface area contributed by atoms with Crippen LogP contribution in [0.15, 0.2) is 69.9 Å². The second-order valence-corrected chi connectivity index (χ2v) is 10.0. The largest absolute Gasteiger partial charge is 0.445 e. The summed E-state index contributed by atoms with van der Waals surface area (Å²) in [5, 5.41) is 7.74. The van der Waals surface area contributed by atoms with E-state index in [4.69, 9.17) is 25.5 Å². The Kier molecular flexibility index (Phi) is 9.35. The number of aromatic nitrogens is 1. The molecule has 13 heteroatoms. The van der Waals surface area contributed by atoms with Crippen LogP contribution in [0, 0.1) is 0 Å². The third-order valence-electron chi connectivity index (χ3n) is 5.53. The van der Waals surface area contributed by atoms with Crippen molar-refractivity contribution in [1.29, 1.82) is 0 Å². The maximum atomic E-state index is 12.7. The lowest BCUT2D eigenvalue weighted by Crippen LogP contribution is -2.41. The molecule has 3 N–H and O–H groups in total. The number of hydrogen-bond acceptors (Lipinski definition) is 9. The van der Waals surface area contributed by atoms with Gasteiger partial charge in [0.25, 0.3) is 0 Å². The molecule has 0 aliphatic rings. The summed E-state index contributed by atoms with van der Waals surface area (Å²) in [6, 6.07) is 16.4. The lowest BCUT2D eigenvalue weighted by molar-refractivity contribution is -0.117. The Labute approximate surface area is 237 Å². The molecule has 0 saturated carbocycles. The Hall–Kier alpha value is -4.42. The Morgan fingerprint density at radius 2 is 1.48 bits per heavy atom. The number of carbonyl (C=O) groups excluding carboxylic acids is 3. The van der Waals surface area contributed by atoms with Crippen LogP contribution in [-0.2, 0) is 27.5 Å². The first kappa shape index (κ1) is 28.6. The lowest BCUT2D eigenvalue weighted by atomic mass is 10.2. The van der Waals surface area contributed by atoms with E-state index in [0.29, 0.717) is 0 Å². The van der Waals surface area contributed by atoms with Crippen LogP contribution < -0.4 is 21.6 Å². The SMILES string of the molecule is C[C@H](NC(=O)OCc1ccccc1)C(=O)Nc1sc2c(=O)oc([C@H](C)NC(=O)OCc3ccccc3)nc2c1Cl. The van der Waals surface area contributed by atoms with Crippen molar-refractivity contribution in [2.75, 3.05) is 5.32 Å². The first-order chi connectivity index (χ1) is 19.2. The van der Waals surface area contributed by atoms with Gasteiger partial charge in [-0.1, -0.05) is 72.3 Å². The van der Waals surface area contributed by atoms with E-state index in [1.165, 1.54) is 6.92 Å². The van der Waals surface area contributed by atoms with Crippen LogP contribution >= 0.6 is 22.9 Å². The summed E-state index contributed by atoms with van der Waals surface area (Å²) in [6.07, 6.45) is -1.50. The van der Waals surface area contributed by atoms with Crippen LogP contribution in [0.4, 0.5) is 14.6 Å². The van der Waals surface area contributed by atoms with Crippen molar-refractivity contribution in [3.05, 3.63) is 93.1 Å². The molecular formula is C27H25ClN4O7S. The molecule has 0 bridgehead atoms. The summed E-state index contributed by atoms with van der Waals surface area (Å²) in [7, 11) is 0. The van der Waals surface area contributed by atoms with E-state index in [0.717, 1.165) is 22.5 Å². The van der Waals surface area contributed by atoms with Crippen LogP contribution in [0.3, 0.4) is 0 Å². The Morgan fingerprint density at radius 1 is 0.925 bits per heavy atom. The smallest absolute Gasteiger partial charge is 0.408 e. The number of anilines is 1. The molecule has 2 atom stereocenters. The zero-order chi connectivity index (χ0) is 28.6. The number of thiophene rings is 1. The predicted octanol–water partition coefficient (Wildman–Crippen LogP) is 5.14. The molecule has 0 aliphatic carbocycles. The Balaban J connectivity index is 1.37. The van der Waals surface area contributed by atoms with Gasteiger partial charge >= 0.3 is 17.8 Å². The number of rotatable bonds is 9. The molecule has 208 valence electrons. The number of ether oxygens (including phenoxy) is 2. The number of nitrogens with one attached hydrogen (secondary N) is 3. The summed E-state index contributed by atoms with van der Waals surface area (Å²) in [5.74, 6) is -0.686. The molecule has 0 unspecified atom stereocenters. The van der Waals surface area contributed by atoms with Crippen LogP contribution in [0.1, 0.15) is 36.9 Å². The Morgan fingerprint density at radius 3 is 2.05 bits per heavy atom. The van der Waals surface area contributed by atoms with Crippen molar-refractivity contribution in [2.45, 2.75) is 39.1 Å². The van der Waals surface area contributed by atoms with Gasteiger partial charge in [-0.3, -0.25) is 4.79 Å². The third kappa shape index (κ3) is 7.36. The van der Waals surface area contributed by atoms with Gasteiger partial charge in [0.2, 0.25) is 11.8 Å². The van der Waals surface area contributed by atoms with E-state index in [9.17, 15) is 19.2 Å². The topological polar surface area (TPSA) is 149 Å². The van der Waals surface area contributed by atoms with Gasteiger partial charge in [0.05, 0.1) is 0 Å².